The molecule has 0 spiro atoms. The summed E-state index contributed by atoms with van der Waals surface area (Å²) >= 11 is 1.37. The lowest BCUT2D eigenvalue weighted by atomic mass is 10.3. The first-order valence-corrected chi connectivity index (χ1v) is 6.03. The van der Waals surface area contributed by atoms with E-state index >= 15 is 0 Å². The molecule has 18 heavy (non-hydrogen) atoms. The van der Waals surface area contributed by atoms with Crippen LogP contribution in [0.4, 0.5) is 13.2 Å². The van der Waals surface area contributed by atoms with E-state index in [9.17, 15) is 18.0 Å². The first-order chi connectivity index (χ1) is 8.28. The zero-order valence-electron chi connectivity index (χ0n) is 9.87. The number of thiazole rings is 1. The van der Waals surface area contributed by atoms with Crippen molar-refractivity contribution in [3.8, 4) is 0 Å². The van der Waals surface area contributed by atoms with Gasteiger partial charge < -0.3 is 10.1 Å². The van der Waals surface area contributed by atoms with Gasteiger partial charge in [0.25, 0.3) is 0 Å². The Balaban J connectivity index is 2.32. The number of rotatable bonds is 5. The number of nitrogens with one attached hydrogen (secondary N) is 1. The van der Waals surface area contributed by atoms with Gasteiger partial charge in [-0.3, -0.25) is 4.79 Å². The normalized spacial score (nSPS) is 13.4. The van der Waals surface area contributed by atoms with Gasteiger partial charge in [0, 0.05) is 11.1 Å². The van der Waals surface area contributed by atoms with Crippen LogP contribution in [0.25, 0.3) is 0 Å². The lowest BCUT2D eigenvalue weighted by Crippen LogP contribution is -2.36. The van der Waals surface area contributed by atoms with E-state index in [1.807, 2.05) is 12.3 Å². The topological polar surface area (TPSA) is 51.2 Å². The quantitative estimate of drug-likeness (QED) is 0.899. The van der Waals surface area contributed by atoms with Gasteiger partial charge in [0.1, 0.15) is 17.7 Å². The fourth-order valence-electron chi connectivity index (χ4n) is 1.09. The highest BCUT2D eigenvalue weighted by Gasteiger charge is 2.29. The van der Waals surface area contributed by atoms with E-state index in [0.717, 1.165) is 5.69 Å². The third-order valence-electron chi connectivity index (χ3n) is 1.95. The largest absolute Gasteiger partial charge is 0.411 e. The summed E-state index contributed by atoms with van der Waals surface area (Å²) in [6.07, 6.45) is -5.58. The third-order valence-corrected chi connectivity index (χ3v) is 2.91. The van der Waals surface area contributed by atoms with Crippen LogP contribution in [0.5, 0.6) is 0 Å². The minimum Gasteiger partial charge on any atom is -0.359 e. The molecule has 1 heterocycles. The number of hydrogen-bond donors (Lipinski definition) is 1. The van der Waals surface area contributed by atoms with Gasteiger partial charge in [-0.15, -0.1) is 11.3 Å². The van der Waals surface area contributed by atoms with Crippen molar-refractivity contribution in [3.05, 3.63) is 16.1 Å². The molecule has 0 radical (unpaired) electrons. The van der Waals surface area contributed by atoms with E-state index in [1.54, 1.807) is 0 Å². The molecule has 1 N–H and O–H groups in total. The van der Waals surface area contributed by atoms with Gasteiger partial charge in [0.05, 0.1) is 6.54 Å². The SMILES string of the molecule is Cc1csc(CNC(=O)[C@H](C)OCC(F)(F)F)n1. The molecule has 1 amide bonds. The maximum atomic E-state index is 11.9. The van der Waals surface area contributed by atoms with Crippen LogP contribution in [0.3, 0.4) is 0 Å². The van der Waals surface area contributed by atoms with Crippen LogP contribution in [0.1, 0.15) is 17.6 Å². The highest BCUT2D eigenvalue weighted by Crippen LogP contribution is 2.15. The first kappa shape index (κ1) is 14.9. The summed E-state index contributed by atoms with van der Waals surface area (Å²) < 4.78 is 40.0. The van der Waals surface area contributed by atoms with Crippen LogP contribution in [-0.2, 0) is 16.1 Å². The second-order valence-electron chi connectivity index (χ2n) is 3.67. The molecule has 1 atom stereocenters. The van der Waals surface area contributed by atoms with Gasteiger partial charge in [-0.25, -0.2) is 4.98 Å². The molecule has 0 fully saturated rings. The third kappa shape index (κ3) is 5.46. The number of amides is 1. The van der Waals surface area contributed by atoms with Gasteiger partial charge >= 0.3 is 6.18 Å². The summed E-state index contributed by atoms with van der Waals surface area (Å²) in [7, 11) is 0. The van der Waals surface area contributed by atoms with Crippen molar-refractivity contribution in [2.45, 2.75) is 32.7 Å². The number of hydrogen-bond acceptors (Lipinski definition) is 4. The van der Waals surface area contributed by atoms with Gasteiger partial charge in [-0.2, -0.15) is 13.2 Å². The minimum atomic E-state index is -4.43. The summed E-state index contributed by atoms with van der Waals surface area (Å²) in [6, 6.07) is 0. The number of carbonyl (C=O) groups is 1. The van der Waals surface area contributed by atoms with E-state index in [0.29, 0.717) is 5.01 Å². The van der Waals surface area contributed by atoms with Crippen molar-refractivity contribution < 1.29 is 22.7 Å². The average molecular weight is 282 g/mol. The van der Waals surface area contributed by atoms with Crippen LogP contribution in [0, 0.1) is 6.92 Å². The Morgan fingerprint density at radius 2 is 2.28 bits per heavy atom. The summed E-state index contributed by atoms with van der Waals surface area (Å²) in [5, 5.41) is 4.99. The van der Waals surface area contributed by atoms with E-state index in [1.165, 1.54) is 18.3 Å². The predicted octanol–water partition coefficient (Wildman–Crippen LogP) is 2.04. The van der Waals surface area contributed by atoms with Crippen molar-refractivity contribution in [2.75, 3.05) is 6.61 Å². The lowest BCUT2D eigenvalue weighted by molar-refractivity contribution is -0.185. The van der Waals surface area contributed by atoms with Crippen LogP contribution in [-0.4, -0.2) is 29.8 Å². The van der Waals surface area contributed by atoms with Gasteiger partial charge in [0.15, 0.2) is 0 Å². The van der Waals surface area contributed by atoms with E-state index in [-0.39, 0.29) is 6.54 Å². The zero-order chi connectivity index (χ0) is 13.8. The lowest BCUT2D eigenvalue weighted by Gasteiger charge is -2.14. The average Bonchev–Trinajstić information content (AvgIpc) is 2.67. The summed E-state index contributed by atoms with van der Waals surface area (Å²) in [5.74, 6) is -0.591. The zero-order valence-corrected chi connectivity index (χ0v) is 10.7. The molecule has 1 aromatic rings. The second kappa shape index (κ2) is 6.14. The molecular formula is C10H13F3N2O2S. The van der Waals surface area contributed by atoms with Crippen molar-refractivity contribution in [1.82, 2.24) is 10.3 Å². The molecule has 1 aromatic heterocycles. The number of ether oxygens (including phenoxy) is 1. The summed E-state index contributed by atoms with van der Waals surface area (Å²) in [4.78, 5) is 15.5. The van der Waals surface area contributed by atoms with Gasteiger partial charge in [-0.1, -0.05) is 0 Å². The smallest absolute Gasteiger partial charge is 0.359 e. The predicted molar refractivity (Wildman–Crippen MR) is 60.2 cm³/mol. The van der Waals surface area contributed by atoms with Gasteiger partial charge in [0.2, 0.25) is 5.91 Å². The van der Waals surface area contributed by atoms with Crippen molar-refractivity contribution in [1.29, 1.82) is 0 Å². The van der Waals surface area contributed by atoms with Gasteiger partial charge in [-0.05, 0) is 13.8 Å². The molecule has 0 aliphatic rings. The van der Waals surface area contributed by atoms with Crippen molar-refractivity contribution in [3.63, 3.8) is 0 Å². The summed E-state index contributed by atoms with van der Waals surface area (Å²) in [6.45, 7) is 1.85. The van der Waals surface area contributed by atoms with E-state index in [4.69, 9.17) is 0 Å². The maximum absolute atomic E-state index is 11.9. The van der Waals surface area contributed by atoms with Crippen molar-refractivity contribution >= 4 is 17.2 Å². The number of aromatic nitrogens is 1. The Hall–Kier alpha value is -1.15. The Kier molecular flexibility index (Phi) is 5.09. The fourth-order valence-corrected chi connectivity index (χ4v) is 1.80. The molecule has 8 heteroatoms. The standard InChI is InChI=1S/C10H13F3N2O2S/c1-6-4-18-8(15-6)3-14-9(16)7(2)17-5-10(11,12)13/h4,7H,3,5H2,1-2H3,(H,14,16)/t7-/m0/s1. The Bertz CT molecular complexity index is 406. The molecule has 4 nitrogen and oxygen atoms in total. The Morgan fingerprint density at radius 3 is 2.78 bits per heavy atom. The molecule has 102 valence electrons. The van der Waals surface area contributed by atoms with E-state index < -0.39 is 24.8 Å². The molecule has 0 unspecified atom stereocenters. The minimum absolute atomic E-state index is 0.192. The number of carbonyl (C=O) groups excluding carboxylic acids is 1. The number of halogens is 3. The number of nitrogens with zero attached hydrogens (tertiary/aromatic N) is 1. The first-order valence-electron chi connectivity index (χ1n) is 5.15. The molecule has 0 bridgehead atoms. The van der Waals surface area contributed by atoms with Crippen LogP contribution < -0.4 is 5.32 Å². The highest BCUT2D eigenvalue weighted by molar-refractivity contribution is 7.09. The van der Waals surface area contributed by atoms with E-state index in [2.05, 4.69) is 15.0 Å². The molecular weight excluding hydrogens is 269 g/mol. The number of alkyl halides is 3. The Labute approximate surface area is 106 Å². The Morgan fingerprint density at radius 1 is 1.61 bits per heavy atom. The monoisotopic (exact) mass is 282 g/mol. The fraction of sp³-hybridized carbons (Fsp3) is 0.600. The molecule has 0 aliphatic heterocycles. The highest BCUT2D eigenvalue weighted by atomic mass is 32.1. The second-order valence-corrected chi connectivity index (χ2v) is 4.61. The van der Waals surface area contributed by atoms with Crippen molar-refractivity contribution in [2.24, 2.45) is 0 Å². The maximum Gasteiger partial charge on any atom is 0.411 e. The number of aryl methyl sites for hydroxylation is 1. The molecule has 0 saturated carbocycles. The summed E-state index contributed by atoms with van der Waals surface area (Å²) in [5.41, 5.74) is 0.839. The molecule has 0 aromatic carbocycles. The van der Waals surface area contributed by atoms with Crippen LogP contribution >= 0.6 is 11.3 Å². The van der Waals surface area contributed by atoms with Crippen LogP contribution in [0.15, 0.2) is 5.38 Å². The molecule has 1 rings (SSSR count). The van der Waals surface area contributed by atoms with Crippen LogP contribution in [0.2, 0.25) is 0 Å². The molecule has 0 saturated heterocycles. The molecule has 0 aliphatic carbocycles.